The first-order valence-electron chi connectivity index (χ1n) is 10.3. The third kappa shape index (κ3) is 2.12. The van der Waals surface area contributed by atoms with Crippen LogP contribution in [0.5, 0.6) is 5.75 Å². The summed E-state index contributed by atoms with van der Waals surface area (Å²) in [4.78, 5) is 2.70. The van der Waals surface area contributed by atoms with Crippen LogP contribution >= 0.6 is 0 Å². The number of piperidine rings is 1. The van der Waals surface area contributed by atoms with Crippen molar-refractivity contribution in [1.29, 1.82) is 0 Å². The molecule has 2 bridgehead atoms. The molecule has 2 N–H and O–H groups in total. The molecule has 0 spiro atoms. The first-order chi connectivity index (χ1) is 12.5. The molecule has 4 nitrogen and oxygen atoms in total. The zero-order valence-corrected chi connectivity index (χ0v) is 15.9. The molecule has 1 saturated heterocycles. The number of hydrogen-bond acceptors (Lipinski definition) is 4. The Morgan fingerprint density at radius 1 is 1.31 bits per heavy atom. The number of phenolic OH excluding ortho intramolecular Hbond substituents is 1. The number of fused-ring (bicyclic) bond motifs is 1. The first kappa shape index (κ1) is 17.0. The Bertz CT molecular complexity index is 717. The number of ether oxygens (including phenoxy) is 1. The van der Waals surface area contributed by atoms with Gasteiger partial charge in [0.2, 0.25) is 0 Å². The van der Waals surface area contributed by atoms with E-state index in [4.69, 9.17) is 4.74 Å². The lowest BCUT2D eigenvalue weighted by molar-refractivity contribution is -0.225. The van der Waals surface area contributed by atoms with Gasteiger partial charge in [0.1, 0.15) is 5.75 Å². The summed E-state index contributed by atoms with van der Waals surface area (Å²) in [6, 6.07) is 6.24. The lowest BCUT2D eigenvalue weighted by atomic mass is 9.46. The van der Waals surface area contributed by atoms with E-state index in [2.05, 4.69) is 17.9 Å². The van der Waals surface area contributed by atoms with Crippen molar-refractivity contribution in [2.75, 3.05) is 20.2 Å². The van der Waals surface area contributed by atoms with Crippen molar-refractivity contribution in [2.24, 2.45) is 11.8 Å². The molecule has 0 amide bonds. The molecule has 1 unspecified atom stereocenters. The smallest absolute Gasteiger partial charge is 0.115 e. The number of benzene rings is 1. The van der Waals surface area contributed by atoms with E-state index in [1.54, 1.807) is 0 Å². The van der Waals surface area contributed by atoms with Crippen molar-refractivity contribution in [3.05, 3.63) is 29.3 Å². The van der Waals surface area contributed by atoms with Crippen LogP contribution in [0.4, 0.5) is 0 Å². The van der Waals surface area contributed by atoms with E-state index < -0.39 is 0 Å². The maximum absolute atomic E-state index is 10.7. The molecular weight excluding hydrogens is 326 g/mol. The lowest BCUT2D eigenvalue weighted by Crippen LogP contribution is -2.76. The summed E-state index contributed by atoms with van der Waals surface area (Å²) < 4.78 is 6.50. The van der Waals surface area contributed by atoms with Gasteiger partial charge in [-0.15, -0.1) is 0 Å². The molecule has 3 fully saturated rings. The van der Waals surface area contributed by atoms with Gasteiger partial charge in [0, 0.05) is 25.1 Å². The molecule has 1 heterocycles. The molecule has 3 aliphatic carbocycles. The first-order valence-corrected chi connectivity index (χ1v) is 10.3. The molecule has 0 radical (unpaired) electrons. The van der Waals surface area contributed by atoms with Crippen molar-refractivity contribution < 1.29 is 14.9 Å². The average Bonchev–Trinajstić information content (AvgIpc) is 3.42. The Balaban J connectivity index is 1.70. The van der Waals surface area contributed by atoms with Crippen LogP contribution in [0.25, 0.3) is 0 Å². The molecule has 142 valence electrons. The number of phenols is 1. The minimum absolute atomic E-state index is 0.199. The fourth-order valence-electron chi connectivity index (χ4n) is 6.92. The molecule has 26 heavy (non-hydrogen) atoms. The number of aromatic hydroxyl groups is 1. The van der Waals surface area contributed by atoms with Gasteiger partial charge in [-0.1, -0.05) is 13.0 Å². The Morgan fingerprint density at radius 2 is 2.12 bits per heavy atom. The second-order valence-electron chi connectivity index (χ2n) is 9.32. The van der Waals surface area contributed by atoms with E-state index in [0.29, 0.717) is 17.7 Å². The van der Waals surface area contributed by atoms with Crippen LogP contribution in [-0.2, 0) is 16.6 Å². The normalized spacial score (nSPS) is 42.2. The zero-order chi connectivity index (χ0) is 18.1. The number of methoxy groups -OCH3 is 1. The Labute approximate surface area is 156 Å². The van der Waals surface area contributed by atoms with Gasteiger partial charge in [0.05, 0.1) is 11.7 Å². The van der Waals surface area contributed by atoms with E-state index in [1.807, 2.05) is 19.2 Å². The van der Waals surface area contributed by atoms with Gasteiger partial charge in [-0.05, 0) is 80.2 Å². The van der Waals surface area contributed by atoms with Crippen LogP contribution < -0.4 is 0 Å². The second kappa shape index (κ2) is 5.70. The maximum Gasteiger partial charge on any atom is 0.115 e. The summed E-state index contributed by atoms with van der Waals surface area (Å²) in [6.07, 6.45) is 5.98. The minimum Gasteiger partial charge on any atom is -0.508 e. The van der Waals surface area contributed by atoms with Crippen LogP contribution in [0, 0.1) is 11.8 Å². The van der Waals surface area contributed by atoms with Crippen molar-refractivity contribution in [1.82, 2.24) is 4.90 Å². The van der Waals surface area contributed by atoms with Crippen molar-refractivity contribution in [3.63, 3.8) is 0 Å². The monoisotopic (exact) mass is 357 g/mol. The number of hydrogen-bond donors (Lipinski definition) is 2. The molecule has 5 atom stereocenters. The summed E-state index contributed by atoms with van der Waals surface area (Å²) in [5, 5.41) is 20.9. The number of aliphatic hydroxyl groups excluding tert-OH is 1. The molecule has 4 aliphatic rings. The van der Waals surface area contributed by atoms with Gasteiger partial charge in [0.25, 0.3) is 0 Å². The fraction of sp³-hybridized carbons (Fsp3) is 0.727. The number of rotatable bonds is 3. The molecule has 4 heteroatoms. The Morgan fingerprint density at radius 3 is 2.85 bits per heavy atom. The Hall–Kier alpha value is -1.10. The SMILES string of the molecule is CO[C@@]12[C@H](C)CC(O)C[C@@]13CCN(CC1CC1)[C@@H]2Cc1ccc(O)cc13. The van der Waals surface area contributed by atoms with Gasteiger partial charge in [-0.3, -0.25) is 4.90 Å². The summed E-state index contributed by atoms with van der Waals surface area (Å²) >= 11 is 0. The van der Waals surface area contributed by atoms with Gasteiger partial charge < -0.3 is 14.9 Å². The molecule has 1 aromatic carbocycles. The Kier molecular flexibility index (Phi) is 3.73. The van der Waals surface area contributed by atoms with Crippen LogP contribution in [-0.4, -0.2) is 53.1 Å². The highest BCUT2D eigenvalue weighted by atomic mass is 16.5. The maximum atomic E-state index is 10.7. The highest BCUT2D eigenvalue weighted by Gasteiger charge is 2.68. The zero-order valence-electron chi connectivity index (χ0n) is 15.9. The molecule has 1 aliphatic heterocycles. The van der Waals surface area contributed by atoms with E-state index in [9.17, 15) is 10.2 Å². The largest absolute Gasteiger partial charge is 0.508 e. The van der Waals surface area contributed by atoms with Crippen LogP contribution in [0.3, 0.4) is 0 Å². The molecular formula is C22H31NO3. The van der Waals surface area contributed by atoms with Crippen LogP contribution in [0.2, 0.25) is 0 Å². The number of aliphatic hydroxyl groups is 1. The van der Waals surface area contributed by atoms with Crippen molar-refractivity contribution >= 4 is 0 Å². The van der Waals surface area contributed by atoms with Gasteiger partial charge in [-0.2, -0.15) is 0 Å². The molecule has 5 rings (SSSR count). The lowest BCUT2D eigenvalue weighted by Gasteiger charge is -2.68. The van der Waals surface area contributed by atoms with Gasteiger partial charge in [-0.25, -0.2) is 0 Å². The summed E-state index contributed by atoms with van der Waals surface area (Å²) in [5.74, 6) is 1.48. The molecule has 2 saturated carbocycles. The average molecular weight is 357 g/mol. The summed E-state index contributed by atoms with van der Waals surface area (Å²) in [6.45, 7) is 4.53. The van der Waals surface area contributed by atoms with Crippen molar-refractivity contribution in [2.45, 2.75) is 68.6 Å². The van der Waals surface area contributed by atoms with E-state index >= 15 is 0 Å². The number of nitrogens with zero attached hydrogens (tertiary/aromatic N) is 1. The third-order valence-corrected chi connectivity index (χ3v) is 8.00. The standard InChI is InChI=1S/C22H31NO3/c1-14-9-18(25)12-21-7-8-23(13-15-3-4-15)20(22(14,21)26-2)10-16-5-6-17(24)11-19(16)21/h5-6,11,14-15,18,20,24-25H,3-4,7-10,12-13H2,1-2H3/t14-,18?,20-,21-,22-/m1/s1. The quantitative estimate of drug-likeness (QED) is 0.873. The van der Waals surface area contributed by atoms with Crippen LogP contribution in [0.15, 0.2) is 18.2 Å². The third-order valence-electron chi connectivity index (χ3n) is 8.00. The predicted molar refractivity (Wildman–Crippen MR) is 100 cm³/mol. The van der Waals surface area contributed by atoms with E-state index in [0.717, 1.165) is 38.1 Å². The number of likely N-dealkylation sites (tertiary alicyclic amines) is 1. The van der Waals surface area contributed by atoms with E-state index in [1.165, 1.54) is 30.5 Å². The topological polar surface area (TPSA) is 52.9 Å². The summed E-state index contributed by atoms with van der Waals surface area (Å²) in [7, 11) is 1.88. The van der Waals surface area contributed by atoms with Crippen molar-refractivity contribution in [3.8, 4) is 5.75 Å². The second-order valence-corrected chi connectivity index (χ2v) is 9.32. The van der Waals surface area contributed by atoms with Gasteiger partial charge in [0.15, 0.2) is 0 Å². The highest BCUT2D eigenvalue weighted by Crippen LogP contribution is 2.62. The predicted octanol–water partition coefficient (Wildman–Crippen LogP) is 2.85. The fourth-order valence-corrected chi connectivity index (χ4v) is 6.92. The minimum atomic E-state index is -0.294. The van der Waals surface area contributed by atoms with E-state index in [-0.39, 0.29) is 17.1 Å². The highest BCUT2D eigenvalue weighted by molar-refractivity contribution is 5.49. The molecule has 1 aromatic rings. The van der Waals surface area contributed by atoms with Gasteiger partial charge >= 0.3 is 0 Å². The molecule has 0 aromatic heterocycles. The summed E-state index contributed by atoms with van der Waals surface area (Å²) in [5.41, 5.74) is 2.09. The van der Waals surface area contributed by atoms with Crippen LogP contribution in [0.1, 0.15) is 50.2 Å².